The van der Waals surface area contributed by atoms with E-state index in [1.807, 2.05) is 43.0 Å². The lowest BCUT2D eigenvalue weighted by atomic mass is 10.1. The predicted octanol–water partition coefficient (Wildman–Crippen LogP) is 2.51. The van der Waals surface area contributed by atoms with E-state index < -0.39 is 6.10 Å². The third-order valence-electron chi connectivity index (χ3n) is 5.84. The molecule has 10 heteroatoms. The first-order valence-corrected chi connectivity index (χ1v) is 11.2. The molecule has 1 atom stereocenters. The summed E-state index contributed by atoms with van der Waals surface area (Å²) >= 11 is 0. The second kappa shape index (κ2) is 9.89. The van der Waals surface area contributed by atoms with E-state index in [9.17, 15) is 14.9 Å². The molecule has 0 spiro atoms. The Balaban J connectivity index is 1.55. The van der Waals surface area contributed by atoms with Crippen molar-refractivity contribution in [3.05, 3.63) is 47.5 Å². The van der Waals surface area contributed by atoms with E-state index in [0.29, 0.717) is 48.9 Å². The number of aromatic nitrogens is 2. The smallest absolute Gasteiger partial charge is 0.229 e. The zero-order chi connectivity index (χ0) is 24.2. The van der Waals surface area contributed by atoms with Crippen molar-refractivity contribution in [2.45, 2.75) is 33.3 Å². The summed E-state index contributed by atoms with van der Waals surface area (Å²) < 4.78 is 5.63. The van der Waals surface area contributed by atoms with Crippen molar-refractivity contribution >= 4 is 34.7 Å². The fourth-order valence-corrected chi connectivity index (χ4v) is 4.14. The number of amides is 2. The molecule has 0 radical (unpaired) electrons. The van der Waals surface area contributed by atoms with Gasteiger partial charge >= 0.3 is 0 Å². The molecule has 1 saturated heterocycles. The van der Waals surface area contributed by atoms with Crippen LogP contribution in [0.25, 0.3) is 5.57 Å². The average Bonchev–Trinajstić information content (AvgIpc) is 3.20. The number of fused-ring (bicyclic) bond motifs is 1. The number of allylic oxidation sites excluding steroid dienone is 1. The number of aryl methyl sites for hydroxylation is 1. The first-order chi connectivity index (χ1) is 16.4. The van der Waals surface area contributed by atoms with E-state index in [1.54, 1.807) is 11.1 Å². The summed E-state index contributed by atoms with van der Waals surface area (Å²) in [4.78, 5) is 36.7. The Morgan fingerprint density at radius 1 is 1.35 bits per heavy atom. The molecule has 2 aliphatic heterocycles. The predicted molar refractivity (Wildman–Crippen MR) is 128 cm³/mol. The molecule has 1 unspecified atom stereocenters. The Morgan fingerprint density at radius 3 is 2.88 bits per heavy atom. The molecule has 2 aromatic rings. The topological polar surface area (TPSA) is 123 Å². The summed E-state index contributed by atoms with van der Waals surface area (Å²) in [7, 11) is 0. The number of nitrogens with one attached hydrogen (secondary N) is 2. The molecule has 2 aliphatic rings. The molecule has 1 aromatic heterocycles. The Hall–Kier alpha value is -3.97. The summed E-state index contributed by atoms with van der Waals surface area (Å²) in [5.41, 5.74) is 3.42. The summed E-state index contributed by atoms with van der Waals surface area (Å²) in [6.07, 6.45) is 1.27. The first kappa shape index (κ1) is 23.2. The van der Waals surface area contributed by atoms with Crippen molar-refractivity contribution in [2.75, 3.05) is 41.8 Å². The van der Waals surface area contributed by atoms with Gasteiger partial charge in [-0.2, -0.15) is 5.26 Å². The second-order valence-electron chi connectivity index (χ2n) is 8.16. The quantitative estimate of drug-likeness (QED) is 0.651. The van der Waals surface area contributed by atoms with Crippen molar-refractivity contribution in [2.24, 2.45) is 0 Å². The van der Waals surface area contributed by atoms with Crippen LogP contribution in [0.15, 0.2) is 36.3 Å². The van der Waals surface area contributed by atoms with E-state index in [4.69, 9.17) is 4.74 Å². The number of nitriles is 1. The highest BCUT2D eigenvalue weighted by Crippen LogP contribution is 2.38. The van der Waals surface area contributed by atoms with Gasteiger partial charge < -0.3 is 19.9 Å². The summed E-state index contributed by atoms with van der Waals surface area (Å²) in [5.74, 6) is 0.390. The van der Waals surface area contributed by atoms with Crippen LogP contribution in [0.4, 0.5) is 17.3 Å². The van der Waals surface area contributed by atoms with Gasteiger partial charge in [0, 0.05) is 32.8 Å². The lowest BCUT2D eigenvalue weighted by Gasteiger charge is -2.31. The number of carbonyl (C=O) groups excluding carboxylic acids is 2. The van der Waals surface area contributed by atoms with Crippen molar-refractivity contribution in [1.29, 1.82) is 5.26 Å². The molecule has 0 bridgehead atoms. The fourth-order valence-electron chi connectivity index (χ4n) is 4.14. The van der Waals surface area contributed by atoms with Crippen LogP contribution in [0.5, 0.6) is 0 Å². The van der Waals surface area contributed by atoms with Crippen LogP contribution in [0, 0.1) is 18.3 Å². The number of nitrogens with zero attached hydrogens (tertiary/aromatic N) is 5. The number of benzene rings is 1. The van der Waals surface area contributed by atoms with E-state index in [0.717, 1.165) is 11.4 Å². The van der Waals surface area contributed by atoms with Gasteiger partial charge in [-0.25, -0.2) is 9.97 Å². The van der Waals surface area contributed by atoms with Crippen molar-refractivity contribution in [3.63, 3.8) is 0 Å². The molecule has 0 aliphatic carbocycles. The second-order valence-corrected chi connectivity index (χ2v) is 8.16. The largest absolute Gasteiger partial charge is 0.374 e. The average molecular weight is 462 g/mol. The fraction of sp³-hybridized carbons (Fsp3) is 0.375. The molecule has 10 nitrogen and oxygen atoms in total. The van der Waals surface area contributed by atoms with Crippen LogP contribution in [-0.4, -0.2) is 59.0 Å². The van der Waals surface area contributed by atoms with E-state index >= 15 is 0 Å². The van der Waals surface area contributed by atoms with Crippen LogP contribution in [-0.2, 0) is 14.3 Å². The first-order valence-electron chi connectivity index (χ1n) is 11.2. The Bertz CT molecular complexity index is 1190. The SMILES string of the molecule is CCN1/C(=C(\C#N)c2nc(NC(=O)CC3CN(C(C)=O)CCO3)ncc2C)Nc2ccccc21. The minimum atomic E-state index is -0.390. The normalized spacial score (nSPS) is 18.6. The maximum absolute atomic E-state index is 12.6. The van der Waals surface area contributed by atoms with Gasteiger partial charge in [-0.1, -0.05) is 12.1 Å². The number of morpholine rings is 1. The van der Waals surface area contributed by atoms with Gasteiger partial charge in [-0.15, -0.1) is 0 Å². The molecular weight excluding hydrogens is 434 g/mol. The summed E-state index contributed by atoms with van der Waals surface area (Å²) in [6.45, 7) is 7.29. The van der Waals surface area contributed by atoms with Crippen LogP contribution in [0.2, 0.25) is 0 Å². The van der Waals surface area contributed by atoms with Gasteiger partial charge in [-0.3, -0.25) is 14.9 Å². The minimum Gasteiger partial charge on any atom is -0.374 e. The number of hydrogen-bond donors (Lipinski definition) is 2. The van der Waals surface area contributed by atoms with Gasteiger partial charge in [-0.05, 0) is 31.5 Å². The molecular formula is C24H27N7O3. The van der Waals surface area contributed by atoms with Gasteiger partial charge in [0.05, 0.1) is 36.2 Å². The number of hydrogen-bond acceptors (Lipinski definition) is 8. The van der Waals surface area contributed by atoms with Gasteiger partial charge in [0.25, 0.3) is 0 Å². The molecule has 176 valence electrons. The maximum atomic E-state index is 12.6. The highest BCUT2D eigenvalue weighted by molar-refractivity contribution is 5.92. The Kier molecular flexibility index (Phi) is 6.75. The molecule has 3 heterocycles. The molecule has 34 heavy (non-hydrogen) atoms. The van der Waals surface area contributed by atoms with Crippen LogP contribution >= 0.6 is 0 Å². The van der Waals surface area contributed by atoms with E-state index in [2.05, 4.69) is 26.7 Å². The summed E-state index contributed by atoms with van der Waals surface area (Å²) in [5, 5.41) is 16.1. The molecule has 2 N–H and O–H groups in total. The lowest BCUT2D eigenvalue weighted by molar-refractivity contribution is -0.138. The molecule has 1 fully saturated rings. The lowest BCUT2D eigenvalue weighted by Crippen LogP contribution is -2.45. The Morgan fingerprint density at radius 2 is 2.15 bits per heavy atom. The molecule has 1 aromatic carbocycles. The van der Waals surface area contributed by atoms with Crippen LogP contribution in [0.3, 0.4) is 0 Å². The third-order valence-corrected chi connectivity index (χ3v) is 5.84. The van der Waals surface area contributed by atoms with Crippen LogP contribution in [0.1, 0.15) is 31.5 Å². The highest BCUT2D eigenvalue weighted by atomic mass is 16.5. The maximum Gasteiger partial charge on any atom is 0.229 e. The third kappa shape index (κ3) is 4.70. The van der Waals surface area contributed by atoms with Crippen molar-refractivity contribution in [1.82, 2.24) is 14.9 Å². The zero-order valence-electron chi connectivity index (χ0n) is 19.5. The molecule has 4 rings (SSSR count). The summed E-state index contributed by atoms with van der Waals surface area (Å²) in [6, 6.07) is 10.1. The number of ether oxygens (including phenoxy) is 1. The molecule has 2 amide bonds. The highest BCUT2D eigenvalue weighted by Gasteiger charge is 2.28. The van der Waals surface area contributed by atoms with Gasteiger partial charge in [0.1, 0.15) is 17.5 Å². The van der Waals surface area contributed by atoms with Crippen LogP contribution < -0.4 is 15.5 Å². The number of carbonyl (C=O) groups is 2. The monoisotopic (exact) mass is 461 g/mol. The van der Waals surface area contributed by atoms with E-state index in [1.165, 1.54) is 6.92 Å². The molecule has 0 saturated carbocycles. The number of para-hydroxylation sites is 2. The standard InChI is InChI=1S/C24H27N7O3/c1-4-31-20-8-6-5-7-19(20)27-23(31)18(12-25)22-15(2)13-26-24(29-22)28-21(33)11-17-14-30(16(3)32)9-10-34-17/h5-8,13,17,27H,4,9-11,14H2,1-3H3,(H,26,28,29,33)/b23-18+. The van der Waals surface area contributed by atoms with Crippen molar-refractivity contribution < 1.29 is 14.3 Å². The minimum absolute atomic E-state index is 0.0407. The number of anilines is 3. The van der Waals surface area contributed by atoms with Gasteiger partial charge in [0.2, 0.25) is 17.8 Å². The van der Waals surface area contributed by atoms with Crippen molar-refractivity contribution in [3.8, 4) is 6.07 Å². The zero-order valence-corrected chi connectivity index (χ0v) is 19.5. The Labute approximate surface area is 198 Å². The van der Waals surface area contributed by atoms with E-state index in [-0.39, 0.29) is 24.2 Å². The number of rotatable bonds is 5. The van der Waals surface area contributed by atoms with Gasteiger partial charge in [0.15, 0.2) is 0 Å².